The minimum absolute atomic E-state index is 0.0448. The molecule has 1 saturated heterocycles. The fraction of sp³-hybridized carbons (Fsp3) is 0.667. The topological polar surface area (TPSA) is 64.2 Å². The molecule has 1 aliphatic heterocycles. The number of anilines is 1. The lowest BCUT2D eigenvalue weighted by atomic mass is 10.00. The average Bonchev–Trinajstić information content (AvgIpc) is 2.66. The van der Waals surface area contributed by atoms with Gasteiger partial charge in [-0.1, -0.05) is 6.92 Å². The number of carbonyl (C=O) groups excluding carboxylic acids is 1. The molecule has 1 aromatic heterocycles. The number of rotatable bonds is 2. The van der Waals surface area contributed by atoms with E-state index in [0.29, 0.717) is 23.7 Å². The van der Waals surface area contributed by atoms with E-state index in [1.165, 1.54) is 0 Å². The highest BCUT2D eigenvalue weighted by molar-refractivity contribution is 5.98. The van der Waals surface area contributed by atoms with Crippen molar-refractivity contribution in [2.75, 3.05) is 18.8 Å². The molecule has 1 aromatic rings. The van der Waals surface area contributed by atoms with Crippen LogP contribution >= 0.6 is 0 Å². The van der Waals surface area contributed by atoms with E-state index in [2.05, 4.69) is 5.10 Å². The molecule has 0 bridgehead atoms. The number of hydrogen-bond acceptors (Lipinski definition) is 3. The Morgan fingerprint density at radius 2 is 2.25 bits per heavy atom. The van der Waals surface area contributed by atoms with Crippen molar-refractivity contribution < 1.29 is 18.0 Å². The van der Waals surface area contributed by atoms with Crippen LogP contribution < -0.4 is 5.73 Å². The highest BCUT2D eigenvalue weighted by Gasteiger charge is 2.30. The SMILES string of the molecule is CC1CCCN(C(=O)c2cn(CC(F)(F)F)nc2N)C1. The Balaban J connectivity index is 2.14. The van der Waals surface area contributed by atoms with E-state index in [4.69, 9.17) is 5.73 Å². The molecule has 1 fully saturated rings. The molecule has 112 valence electrons. The Bertz CT molecular complexity index is 497. The third-order valence-electron chi connectivity index (χ3n) is 3.31. The molecule has 2 rings (SSSR count). The van der Waals surface area contributed by atoms with E-state index >= 15 is 0 Å². The minimum Gasteiger partial charge on any atom is -0.382 e. The van der Waals surface area contributed by atoms with Crippen molar-refractivity contribution in [3.63, 3.8) is 0 Å². The van der Waals surface area contributed by atoms with Gasteiger partial charge in [-0.2, -0.15) is 18.3 Å². The van der Waals surface area contributed by atoms with Crippen LogP contribution in [0.3, 0.4) is 0 Å². The minimum atomic E-state index is -4.39. The van der Waals surface area contributed by atoms with Crippen LogP contribution in [-0.4, -0.2) is 39.9 Å². The molecule has 1 atom stereocenters. The predicted molar refractivity (Wildman–Crippen MR) is 67.0 cm³/mol. The quantitative estimate of drug-likeness (QED) is 0.904. The van der Waals surface area contributed by atoms with Crippen molar-refractivity contribution in [3.05, 3.63) is 11.8 Å². The van der Waals surface area contributed by atoms with Gasteiger partial charge in [0.15, 0.2) is 5.82 Å². The second-order valence-electron chi connectivity index (χ2n) is 5.24. The van der Waals surface area contributed by atoms with Gasteiger partial charge in [0.1, 0.15) is 12.1 Å². The number of hydrogen-bond donors (Lipinski definition) is 1. The van der Waals surface area contributed by atoms with E-state index in [0.717, 1.165) is 19.0 Å². The van der Waals surface area contributed by atoms with E-state index in [9.17, 15) is 18.0 Å². The fourth-order valence-electron chi connectivity index (χ4n) is 2.41. The molecular formula is C12H17F3N4O. The summed E-state index contributed by atoms with van der Waals surface area (Å²) in [5.74, 6) is -0.112. The maximum absolute atomic E-state index is 12.3. The molecule has 0 radical (unpaired) electrons. The number of halogens is 3. The van der Waals surface area contributed by atoms with Crippen LogP contribution in [0.5, 0.6) is 0 Å². The van der Waals surface area contributed by atoms with Gasteiger partial charge in [-0.3, -0.25) is 9.48 Å². The summed E-state index contributed by atoms with van der Waals surface area (Å²) in [6.45, 7) is 1.99. The molecule has 2 heterocycles. The Morgan fingerprint density at radius 1 is 1.55 bits per heavy atom. The summed E-state index contributed by atoms with van der Waals surface area (Å²) in [5.41, 5.74) is 5.60. The van der Waals surface area contributed by atoms with Crippen LogP contribution in [0.4, 0.5) is 19.0 Å². The zero-order valence-electron chi connectivity index (χ0n) is 11.2. The van der Waals surface area contributed by atoms with Crippen LogP contribution in [0.2, 0.25) is 0 Å². The van der Waals surface area contributed by atoms with Crippen LogP contribution in [0.1, 0.15) is 30.1 Å². The highest BCUT2D eigenvalue weighted by atomic mass is 19.4. The molecule has 1 unspecified atom stereocenters. The first-order valence-electron chi connectivity index (χ1n) is 6.45. The van der Waals surface area contributed by atoms with Gasteiger partial charge in [0.2, 0.25) is 0 Å². The monoisotopic (exact) mass is 290 g/mol. The first-order chi connectivity index (χ1) is 9.26. The van der Waals surface area contributed by atoms with Crippen LogP contribution in [0.15, 0.2) is 6.20 Å². The predicted octanol–water partition coefficient (Wildman–Crippen LogP) is 1.90. The number of likely N-dealkylation sites (tertiary alicyclic amines) is 1. The van der Waals surface area contributed by atoms with Crippen LogP contribution in [-0.2, 0) is 6.54 Å². The Kier molecular flexibility index (Phi) is 3.92. The van der Waals surface area contributed by atoms with Crippen molar-refractivity contribution in [2.45, 2.75) is 32.5 Å². The highest BCUT2D eigenvalue weighted by Crippen LogP contribution is 2.22. The molecule has 20 heavy (non-hydrogen) atoms. The third kappa shape index (κ3) is 3.43. The summed E-state index contributed by atoms with van der Waals surface area (Å²) in [6.07, 6.45) is -1.38. The molecule has 1 amide bonds. The summed E-state index contributed by atoms with van der Waals surface area (Å²) in [7, 11) is 0. The van der Waals surface area contributed by atoms with E-state index in [-0.39, 0.29) is 17.3 Å². The average molecular weight is 290 g/mol. The van der Waals surface area contributed by atoms with Crippen molar-refractivity contribution in [2.24, 2.45) is 5.92 Å². The summed E-state index contributed by atoms with van der Waals surface area (Å²) < 4.78 is 37.5. The summed E-state index contributed by atoms with van der Waals surface area (Å²) >= 11 is 0. The maximum atomic E-state index is 12.3. The largest absolute Gasteiger partial charge is 0.408 e. The first-order valence-corrected chi connectivity index (χ1v) is 6.45. The maximum Gasteiger partial charge on any atom is 0.408 e. The lowest BCUT2D eigenvalue weighted by molar-refractivity contribution is -0.142. The normalized spacial score (nSPS) is 20.2. The number of nitrogens with two attached hydrogens (primary N) is 1. The molecule has 0 aliphatic carbocycles. The Morgan fingerprint density at radius 3 is 2.85 bits per heavy atom. The van der Waals surface area contributed by atoms with Crippen LogP contribution in [0.25, 0.3) is 0 Å². The standard InChI is InChI=1S/C12H17F3N4O/c1-8-3-2-4-18(5-8)11(20)9-6-19(17-10(9)16)7-12(13,14)15/h6,8H,2-5,7H2,1H3,(H2,16,17). The second-order valence-corrected chi connectivity index (χ2v) is 5.24. The first kappa shape index (κ1) is 14.7. The fourth-order valence-corrected chi connectivity index (χ4v) is 2.41. The van der Waals surface area contributed by atoms with E-state index in [1.807, 2.05) is 6.92 Å². The van der Waals surface area contributed by atoms with Crippen LogP contribution in [0, 0.1) is 5.92 Å². The Hall–Kier alpha value is -1.73. The van der Waals surface area contributed by atoms with Gasteiger partial charge >= 0.3 is 6.18 Å². The lowest BCUT2D eigenvalue weighted by Crippen LogP contribution is -2.39. The number of nitrogens with zero attached hydrogens (tertiary/aromatic N) is 3. The van der Waals surface area contributed by atoms with E-state index in [1.54, 1.807) is 4.90 Å². The molecular weight excluding hydrogens is 273 g/mol. The summed E-state index contributed by atoms with van der Waals surface area (Å²) in [6, 6.07) is 0. The van der Waals surface area contributed by atoms with Gasteiger partial charge in [-0.05, 0) is 18.8 Å². The molecule has 1 aliphatic rings. The van der Waals surface area contributed by atoms with Crippen molar-refractivity contribution in [1.29, 1.82) is 0 Å². The molecule has 0 saturated carbocycles. The number of carbonyl (C=O) groups is 1. The number of piperidine rings is 1. The smallest absolute Gasteiger partial charge is 0.382 e. The van der Waals surface area contributed by atoms with Gasteiger partial charge in [-0.15, -0.1) is 0 Å². The lowest BCUT2D eigenvalue weighted by Gasteiger charge is -2.30. The zero-order valence-corrected chi connectivity index (χ0v) is 11.2. The molecule has 5 nitrogen and oxygen atoms in total. The summed E-state index contributed by atoms with van der Waals surface area (Å²) in [4.78, 5) is 13.9. The second kappa shape index (κ2) is 5.34. The molecule has 0 aromatic carbocycles. The van der Waals surface area contributed by atoms with Crippen molar-refractivity contribution in [3.8, 4) is 0 Å². The number of alkyl halides is 3. The van der Waals surface area contributed by atoms with Gasteiger partial charge in [0.05, 0.1) is 0 Å². The third-order valence-corrected chi connectivity index (χ3v) is 3.31. The number of nitrogen functional groups attached to an aromatic ring is 1. The van der Waals surface area contributed by atoms with Gasteiger partial charge in [0.25, 0.3) is 5.91 Å². The van der Waals surface area contributed by atoms with Gasteiger partial charge < -0.3 is 10.6 Å². The summed E-state index contributed by atoms with van der Waals surface area (Å²) in [5, 5.41) is 3.56. The van der Waals surface area contributed by atoms with E-state index < -0.39 is 12.7 Å². The Labute approximate surface area is 114 Å². The van der Waals surface area contributed by atoms with Gasteiger partial charge in [0, 0.05) is 19.3 Å². The zero-order chi connectivity index (χ0) is 14.9. The van der Waals surface area contributed by atoms with Crippen molar-refractivity contribution >= 4 is 11.7 Å². The number of amides is 1. The van der Waals surface area contributed by atoms with Crippen molar-refractivity contribution in [1.82, 2.24) is 14.7 Å². The molecule has 2 N–H and O–H groups in total. The molecule has 0 spiro atoms. The van der Waals surface area contributed by atoms with Gasteiger partial charge in [-0.25, -0.2) is 0 Å². The molecule has 8 heteroatoms. The number of aromatic nitrogens is 2.